The number of carbonyl (C=O) groups is 10. The summed E-state index contributed by atoms with van der Waals surface area (Å²) in [5, 5.41) is 90.7. The van der Waals surface area contributed by atoms with Gasteiger partial charge in [0.05, 0.1) is 75.4 Å². The van der Waals surface area contributed by atoms with Crippen LogP contribution in [0.4, 0.5) is 0 Å². The van der Waals surface area contributed by atoms with Gasteiger partial charge >= 0.3 is 30.0 Å². The summed E-state index contributed by atoms with van der Waals surface area (Å²) in [5.74, 6) is -4.88. The number of nitrogens with two attached hydrogens (primary N) is 1. The summed E-state index contributed by atoms with van der Waals surface area (Å²) in [5.41, 5.74) is 0.817. The van der Waals surface area contributed by atoms with Crippen molar-refractivity contribution in [1.29, 1.82) is 0 Å². The number of carbonyl (C=O) groups excluding carboxylic acids is 10. The molecule has 4 rings (SSSR count). The smallest absolute Gasteiger partial charge is 0.373 e. The number of amides is 4. The second-order valence-corrected chi connectivity index (χ2v) is 21.5. The number of aliphatic hydroxyl groups is 6. The molecule has 2 fully saturated rings. The number of unbranched alkanes of at least 4 members (excludes halogenated alkanes) is 1. The third-order valence-corrected chi connectivity index (χ3v) is 14.2. The Kier molecular flexibility index (Phi) is 38.2. The summed E-state index contributed by atoms with van der Waals surface area (Å²) in [4.78, 5) is 146. The van der Waals surface area contributed by atoms with Crippen molar-refractivity contribution in [2.75, 3.05) is 85.7 Å². The van der Waals surface area contributed by atoms with Crippen LogP contribution in [0.25, 0.3) is 0 Å². The van der Waals surface area contributed by atoms with Crippen molar-refractivity contribution in [2.24, 2.45) is 17.7 Å². The number of ketones is 2. The van der Waals surface area contributed by atoms with Gasteiger partial charge in [0.25, 0.3) is 5.91 Å². The summed E-state index contributed by atoms with van der Waals surface area (Å²) in [7, 11) is 0. The van der Waals surface area contributed by atoms with E-state index in [0.717, 1.165) is 0 Å². The molecular formula is C60H85N5O30. The van der Waals surface area contributed by atoms with E-state index < -0.39 is 152 Å². The third kappa shape index (κ3) is 30.5. The van der Waals surface area contributed by atoms with Crippen LogP contribution >= 0.6 is 0 Å². The van der Waals surface area contributed by atoms with Crippen LogP contribution in [0.3, 0.4) is 0 Å². The zero-order valence-corrected chi connectivity index (χ0v) is 52.4. The van der Waals surface area contributed by atoms with Gasteiger partial charge in [-0.1, -0.05) is 12.1 Å². The number of benzene rings is 2. The van der Waals surface area contributed by atoms with Crippen molar-refractivity contribution in [3.05, 3.63) is 58.7 Å². The highest BCUT2D eigenvalue weighted by atomic mass is 16.7. The van der Waals surface area contributed by atoms with Crippen LogP contribution in [0.1, 0.15) is 103 Å². The zero-order valence-electron chi connectivity index (χ0n) is 52.4. The fourth-order valence-corrected chi connectivity index (χ4v) is 9.29. The van der Waals surface area contributed by atoms with Gasteiger partial charge in [-0.05, 0) is 67.5 Å². The van der Waals surface area contributed by atoms with Crippen molar-refractivity contribution in [1.82, 2.24) is 21.3 Å². The molecule has 35 heteroatoms. The molecule has 0 unspecified atom stereocenters. The molecular weight excluding hydrogens is 1270 g/mol. The standard InChI is InChI=1S/C59H85N5O28.CO2/c1-33(65)87-28-35-8-11-45(92-59-55(78)52(75)44(69)30-89-59)38(24-35)42(67)7-5-17-83-20-22-86-32-49(71)64-41(43(68)26-37(10-13-50(72)73)56(79)62-16-19-90-60)6-3-4-14-61-48(70)31-85-23-21-84-18-15-63-57(80)39-25-36(29-88-34(2)66)9-12-46(39)91-47-27-40(58(81)82)51(74)54(77)53(47)76;2-1-3/h8-9,11-12,24-25,37,40-41,44,47,51-55,59,69,74-78H,3-7,10,13-23,26-32,60H2,1-2H3,(H,61,70)(H,62,79)(H,63,80)(H,64,71)(H,72,73)(H,81,82);/t37-,40-,41+,44+,47+,51+,52-,53-,54-,55+,59-;/m0./s1. The van der Waals surface area contributed by atoms with E-state index >= 15 is 0 Å². The van der Waals surface area contributed by atoms with Gasteiger partial charge in [-0.3, -0.25) is 47.9 Å². The molecule has 0 aromatic heterocycles. The molecule has 2 aliphatic rings. The number of aliphatic carboxylic acids is 2. The quantitative estimate of drug-likeness (QED) is 0.0133. The third-order valence-electron chi connectivity index (χ3n) is 14.2. The van der Waals surface area contributed by atoms with Crippen LogP contribution < -0.4 is 36.6 Å². The van der Waals surface area contributed by atoms with Gasteiger partial charge < -0.3 is 110 Å². The summed E-state index contributed by atoms with van der Waals surface area (Å²) in [6, 6.07) is 7.42. The van der Waals surface area contributed by atoms with E-state index in [1.54, 1.807) is 0 Å². The number of aliphatic hydroxyl groups excluding tert-OH is 6. The Balaban J connectivity index is 0.00000768. The first kappa shape index (κ1) is 81.2. The average molecular weight is 1360 g/mol. The number of ether oxygens (including phenoxy) is 9. The Labute approximate surface area is 544 Å². The predicted molar refractivity (Wildman–Crippen MR) is 316 cm³/mol. The molecule has 530 valence electrons. The summed E-state index contributed by atoms with van der Waals surface area (Å²) >= 11 is 0. The van der Waals surface area contributed by atoms with Gasteiger partial charge in [-0.15, -0.1) is 0 Å². The van der Waals surface area contributed by atoms with Crippen molar-refractivity contribution in [3.8, 4) is 11.5 Å². The minimum absolute atomic E-state index is 0.000358. The van der Waals surface area contributed by atoms with Crippen LogP contribution in [0.5, 0.6) is 11.5 Å². The molecule has 95 heavy (non-hydrogen) atoms. The van der Waals surface area contributed by atoms with Crippen molar-refractivity contribution >= 4 is 65.2 Å². The van der Waals surface area contributed by atoms with Crippen LogP contribution in [-0.4, -0.2) is 247 Å². The normalized spacial score (nSPS) is 20.4. The molecule has 1 heterocycles. The van der Waals surface area contributed by atoms with Gasteiger partial charge in [0, 0.05) is 71.7 Å². The summed E-state index contributed by atoms with van der Waals surface area (Å²) < 4.78 is 49.0. The molecule has 1 saturated heterocycles. The maximum absolute atomic E-state index is 13.8. The lowest BCUT2D eigenvalue weighted by Gasteiger charge is -2.38. The van der Waals surface area contributed by atoms with E-state index in [0.29, 0.717) is 17.5 Å². The molecule has 14 N–H and O–H groups in total. The number of carboxylic acid groups (broad SMARTS) is 2. The summed E-state index contributed by atoms with van der Waals surface area (Å²) in [6.45, 7) is 0.781. The van der Waals surface area contributed by atoms with Gasteiger partial charge in [0.2, 0.25) is 24.0 Å². The Hall–Kier alpha value is -8.00. The predicted octanol–water partition coefficient (Wildman–Crippen LogP) is -3.34. The SMILES string of the molecule is CC(=O)OCc1ccc(O[C@@H]2OC[C@@H](O)[C@H](O)[C@H]2O)c(C(=O)CCCOCCOCC(=O)N[C@H](CCCCNC(=O)COCCOCCNC(=O)c2cc(COC(C)=O)ccc2O[C@@H]2C[C@H](C(=O)O)[C@@H](O)[C@H](O)[C@H]2O)C(=O)C[C@H](CCC(=O)O)C(=O)NCCON)c1.O=C=O. The monoisotopic (exact) mass is 1360 g/mol. The number of esters is 2. The first-order chi connectivity index (χ1) is 45.3. The van der Waals surface area contributed by atoms with E-state index in [-0.39, 0.29) is 153 Å². The topological polar surface area (TPSA) is 533 Å². The second-order valence-electron chi connectivity index (χ2n) is 21.5. The molecule has 2 aromatic carbocycles. The average Bonchev–Trinajstić information content (AvgIpc) is 0.855. The Morgan fingerprint density at radius 1 is 0.621 bits per heavy atom. The van der Waals surface area contributed by atoms with E-state index in [4.69, 9.17) is 58.1 Å². The number of hydrogen-bond donors (Lipinski definition) is 13. The van der Waals surface area contributed by atoms with E-state index in [1.165, 1.54) is 50.2 Å². The number of Topliss-reactive ketones (excluding diaryl/α,β-unsaturated/α-hetero) is 2. The molecule has 4 amide bonds. The van der Waals surface area contributed by atoms with Crippen molar-refractivity contribution in [2.45, 2.75) is 140 Å². The highest BCUT2D eigenvalue weighted by molar-refractivity contribution is 5.99. The minimum Gasteiger partial charge on any atom is -0.487 e. The summed E-state index contributed by atoms with van der Waals surface area (Å²) in [6.07, 6.45) is -13.0. The maximum Gasteiger partial charge on any atom is 0.373 e. The molecule has 1 aliphatic heterocycles. The molecule has 1 saturated carbocycles. The minimum atomic E-state index is -1.85. The first-order valence-electron chi connectivity index (χ1n) is 30.1. The lowest BCUT2D eigenvalue weighted by atomic mass is 9.80. The molecule has 2 aromatic rings. The molecule has 11 atom stereocenters. The molecule has 0 bridgehead atoms. The largest absolute Gasteiger partial charge is 0.487 e. The number of nitrogens with one attached hydrogen (secondary N) is 4. The van der Waals surface area contributed by atoms with Gasteiger partial charge in [-0.2, -0.15) is 9.59 Å². The van der Waals surface area contributed by atoms with Crippen molar-refractivity contribution < 1.29 is 146 Å². The van der Waals surface area contributed by atoms with Crippen LogP contribution in [-0.2, 0) is 99.2 Å². The fourth-order valence-electron chi connectivity index (χ4n) is 9.29. The Morgan fingerprint density at radius 3 is 1.82 bits per heavy atom. The number of rotatable bonds is 44. The highest BCUT2D eigenvalue weighted by Crippen LogP contribution is 2.32. The van der Waals surface area contributed by atoms with E-state index in [9.17, 15) is 88.8 Å². The van der Waals surface area contributed by atoms with E-state index in [2.05, 4.69) is 26.1 Å². The van der Waals surface area contributed by atoms with Gasteiger partial charge in [0.1, 0.15) is 74.6 Å². The first-order valence-corrected chi connectivity index (χ1v) is 30.1. The highest BCUT2D eigenvalue weighted by Gasteiger charge is 2.47. The molecule has 35 nitrogen and oxygen atoms in total. The van der Waals surface area contributed by atoms with Crippen LogP contribution in [0, 0.1) is 11.8 Å². The van der Waals surface area contributed by atoms with Crippen LogP contribution in [0.2, 0.25) is 0 Å². The number of hydrogen-bond acceptors (Lipinski definition) is 29. The van der Waals surface area contributed by atoms with E-state index in [1.807, 2.05) is 0 Å². The Bertz CT molecular complexity index is 2840. The Morgan fingerprint density at radius 2 is 1.21 bits per heavy atom. The fraction of sp³-hybridized carbons (Fsp3) is 0.617. The number of carboxylic acids is 2. The molecule has 0 spiro atoms. The van der Waals surface area contributed by atoms with Gasteiger partial charge in [-0.25, -0.2) is 5.90 Å². The van der Waals surface area contributed by atoms with Crippen LogP contribution in [0.15, 0.2) is 36.4 Å². The van der Waals surface area contributed by atoms with Gasteiger partial charge in [0.15, 0.2) is 11.6 Å². The van der Waals surface area contributed by atoms with Crippen molar-refractivity contribution in [3.63, 3.8) is 0 Å². The lowest BCUT2D eigenvalue weighted by Crippen LogP contribution is -2.57. The zero-order chi connectivity index (χ0) is 70.4. The molecule has 0 radical (unpaired) electrons. The molecule has 1 aliphatic carbocycles. The maximum atomic E-state index is 13.8. The lowest BCUT2D eigenvalue weighted by molar-refractivity contribution is -0.242. The second kappa shape index (κ2) is 44.6.